The summed E-state index contributed by atoms with van der Waals surface area (Å²) in [5.74, 6) is 0.0178. The maximum Gasteiger partial charge on any atom is 0.265 e. The molecule has 0 bridgehead atoms. The van der Waals surface area contributed by atoms with Gasteiger partial charge in [0, 0.05) is 30.0 Å². The lowest BCUT2D eigenvalue weighted by molar-refractivity contribution is -0.125. The zero-order valence-electron chi connectivity index (χ0n) is 13.1. The van der Waals surface area contributed by atoms with Crippen molar-refractivity contribution in [3.8, 4) is 5.75 Å². The molecule has 0 saturated heterocycles. The van der Waals surface area contributed by atoms with Crippen molar-refractivity contribution < 1.29 is 14.3 Å². The maximum absolute atomic E-state index is 12.3. The van der Waals surface area contributed by atoms with Gasteiger partial charge >= 0.3 is 0 Å². The molecule has 1 unspecified atom stereocenters. The Morgan fingerprint density at radius 2 is 2.33 bits per heavy atom. The molecule has 0 fully saturated rings. The smallest absolute Gasteiger partial charge is 0.265 e. The zero-order chi connectivity index (χ0) is 17.1. The van der Waals surface area contributed by atoms with Crippen molar-refractivity contribution in [1.82, 2.24) is 14.9 Å². The highest BCUT2D eigenvalue weighted by atomic mass is 35.5. The van der Waals surface area contributed by atoms with E-state index >= 15 is 0 Å². The van der Waals surface area contributed by atoms with Gasteiger partial charge in [0.1, 0.15) is 12.3 Å². The van der Waals surface area contributed by atoms with Crippen LogP contribution in [0, 0.1) is 0 Å². The Bertz CT molecular complexity index is 748. The third-order valence-electron chi connectivity index (χ3n) is 3.62. The zero-order valence-corrected chi connectivity index (χ0v) is 13.9. The second-order valence-corrected chi connectivity index (χ2v) is 6.05. The topological polar surface area (TPSA) is 76.5 Å². The summed E-state index contributed by atoms with van der Waals surface area (Å²) in [5, 5.41) is 3.35. The number of hydrogen-bond acceptors (Lipinski definition) is 4. The fraction of sp³-hybridized carbons (Fsp3) is 0.312. The summed E-state index contributed by atoms with van der Waals surface area (Å²) in [5.41, 5.74) is 0.510. The number of ether oxygens (including phenoxy) is 1. The highest BCUT2D eigenvalue weighted by Gasteiger charge is 2.27. The van der Waals surface area contributed by atoms with Crippen molar-refractivity contribution >= 4 is 29.1 Å². The lowest BCUT2D eigenvalue weighted by Crippen LogP contribution is -2.47. The number of carbonyl (C=O) groups excluding carboxylic acids is 2. The molecule has 1 aromatic carbocycles. The van der Waals surface area contributed by atoms with Crippen molar-refractivity contribution in [2.24, 2.45) is 0 Å². The van der Waals surface area contributed by atoms with Gasteiger partial charge in [-0.1, -0.05) is 11.6 Å². The summed E-state index contributed by atoms with van der Waals surface area (Å²) in [6.07, 6.45) is 5.19. The first kappa shape index (κ1) is 16.3. The van der Waals surface area contributed by atoms with Gasteiger partial charge in [-0.15, -0.1) is 0 Å². The molecule has 2 amide bonds. The van der Waals surface area contributed by atoms with E-state index in [1.54, 1.807) is 30.7 Å². The molecule has 24 heavy (non-hydrogen) atoms. The molecule has 1 aliphatic rings. The Morgan fingerprint density at radius 1 is 1.50 bits per heavy atom. The first-order valence-corrected chi connectivity index (χ1v) is 7.88. The number of fused-ring (bicyclic) bond motifs is 1. The second kappa shape index (κ2) is 6.92. The average molecular weight is 349 g/mol. The quantitative estimate of drug-likeness (QED) is 0.887. The Balaban J connectivity index is 1.65. The van der Waals surface area contributed by atoms with Crippen LogP contribution in [0.3, 0.4) is 0 Å². The van der Waals surface area contributed by atoms with Gasteiger partial charge in [0.2, 0.25) is 5.91 Å². The Kier molecular flexibility index (Phi) is 4.71. The lowest BCUT2D eigenvalue weighted by Gasteiger charge is -2.29. The van der Waals surface area contributed by atoms with Crippen LogP contribution in [0.4, 0.5) is 5.69 Å². The second-order valence-electron chi connectivity index (χ2n) is 5.61. The summed E-state index contributed by atoms with van der Waals surface area (Å²) in [6, 6.07) is 4.90. The minimum atomic E-state index is -0.276. The largest absolute Gasteiger partial charge is 0.482 e. The highest BCUT2D eigenvalue weighted by Crippen LogP contribution is 2.34. The number of hydrogen-bond donors (Lipinski definition) is 1. The van der Waals surface area contributed by atoms with E-state index in [9.17, 15) is 9.59 Å². The standard InChI is InChI=1S/C16H17ClN4O3/c1-11(7-20-5-4-18-10-20)19-15(22)8-21-13-6-12(17)2-3-14(13)24-9-16(21)23/h2-6,10-11H,7-9H2,1H3,(H,19,22). The van der Waals surface area contributed by atoms with Crippen LogP contribution in [0.5, 0.6) is 5.75 Å². The molecule has 2 aromatic rings. The molecular formula is C16H17ClN4O3. The molecule has 2 heterocycles. The van der Waals surface area contributed by atoms with Crippen LogP contribution in [0.1, 0.15) is 6.92 Å². The monoisotopic (exact) mass is 348 g/mol. The highest BCUT2D eigenvalue weighted by molar-refractivity contribution is 6.31. The molecular weight excluding hydrogens is 332 g/mol. The number of nitrogens with one attached hydrogen (secondary N) is 1. The predicted molar refractivity (Wildman–Crippen MR) is 89.1 cm³/mol. The number of imidazole rings is 1. The van der Waals surface area contributed by atoms with Gasteiger partial charge in [0.05, 0.1) is 12.0 Å². The number of benzene rings is 1. The fourth-order valence-electron chi connectivity index (χ4n) is 2.57. The van der Waals surface area contributed by atoms with E-state index in [0.29, 0.717) is 23.0 Å². The summed E-state index contributed by atoms with van der Waals surface area (Å²) in [6.45, 7) is 2.32. The van der Waals surface area contributed by atoms with E-state index in [2.05, 4.69) is 10.3 Å². The Morgan fingerprint density at radius 3 is 3.08 bits per heavy atom. The summed E-state index contributed by atoms with van der Waals surface area (Å²) in [7, 11) is 0. The number of anilines is 1. The van der Waals surface area contributed by atoms with Crippen molar-refractivity contribution in [3.05, 3.63) is 41.9 Å². The van der Waals surface area contributed by atoms with Crippen molar-refractivity contribution in [1.29, 1.82) is 0 Å². The summed E-state index contributed by atoms with van der Waals surface area (Å²) in [4.78, 5) is 29.8. The van der Waals surface area contributed by atoms with Crippen molar-refractivity contribution in [3.63, 3.8) is 0 Å². The van der Waals surface area contributed by atoms with Crippen LogP contribution in [-0.2, 0) is 16.1 Å². The molecule has 126 valence electrons. The van der Waals surface area contributed by atoms with Gasteiger partial charge in [0.25, 0.3) is 5.91 Å². The van der Waals surface area contributed by atoms with Crippen LogP contribution in [0.25, 0.3) is 0 Å². The molecule has 0 saturated carbocycles. The van der Waals surface area contributed by atoms with Crippen LogP contribution in [0.15, 0.2) is 36.9 Å². The molecule has 0 aliphatic carbocycles. The van der Waals surface area contributed by atoms with E-state index in [4.69, 9.17) is 16.3 Å². The minimum Gasteiger partial charge on any atom is -0.482 e. The summed E-state index contributed by atoms with van der Waals surface area (Å²) >= 11 is 5.99. The summed E-state index contributed by atoms with van der Waals surface area (Å²) < 4.78 is 7.24. The molecule has 1 aliphatic heterocycles. The number of aromatic nitrogens is 2. The van der Waals surface area contributed by atoms with Gasteiger partial charge < -0.3 is 14.6 Å². The van der Waals surface area contributed by atoms with Gasteiger partial charge in [-0.3, -0.25) is 14.5 Å². The van der Waals surface area contributed by atoms with E-state index in [-0.39, 0.29) is 31.0 Å². The minimum absolute atomic E-state index is 0.0796. The molecule has 1 aromatic heterocycles. The number of halogens is 1. The maximum atomic E-state index is 12.3. The van der Waals surface area contributed by atoms with Crippen molar-refractivity contribution in [2.75, 3.05) is 18.1 Å². The first-order valence-electron chi connectivity index (χ1n) is 7.51. The predicted octanol–water partition coefficient (Wildman–Crippen LogP) is 1.47. The number of rotatable bonds is 5. The van der Waals surface area contributed by atoms with E-state index in [1.165, 1.54) is 4.90 Å². The number of amides is 2. The molecule has 0 spiro atoms. The molecule has 0 radical (unpaired) electrons. The van der Waals surface area contributed by atoms with Crippen LogP contribution >= 0.6 is 11.6 Å². The third-order valence-corrected chi connectivity index (χ3v) is 3.85. The third kappa shape index (κ3) is 3.68. The van der Waals surface area contributed by atoms with E-state index in [0.717, 1.165) is 0 Å². The Labute approximate surface area is 144 Å². The van der Waals surface area contributed by atoms with Crippen LogP contribution in [-0.4, -0.2) is 40.6 Å². The SMILES string of the molecule is CC(Cn1ccnc1)NC(=O)CN1C(=O)COc2ccc(Cl)cc21. The molecule has 8 heteroatoms. The van der Waals surface area contributed by atoms with Gasteiger partial charge in [-0.05, 0) is 25.1 Å². The lowest BCUT2D eigenvalue weighted by atomic mass is 10.2. The number of nitrogens with zero attached hydrogens (tertiary/aromatic N) is 3. The average Bonchev–Trinajstić information content (AvgIpc) is 3.03. The van der Waals surface area contributed by atoms with Crippen molar-refractivity contribution in [2.45, 2.75) is 19.5 Å². The molecule has 1 N–H and O–H groups in total. The first-order chi connectivity index (χ1) is 11.5. The van der Waals surface area contributed by atoms with Crippen LogP contribution < -0.4 is 15.0 Å². The molecule has 1 atom stereocenters. The van der Waals surface area contributed by atoms with E-state index in [1.807, 2.05) is 17.7 Å². The molecule has 7 nitrogen and oxygen atoms in total. The van der Waals surface area contributed by atoms with Gasteiger partial charge in [-0.25, -0.2) is 4.98 Å². The number of carbonyl (C=O) groups is 2. The van der Waals surface area contributed by atoms with Crippen LogP contribution in [0.2, 0.25) is 5.02 Å². The fourth-order valence-corrected chi connectivity index (χ4v) is 2.74. The van der Waals surface area contributed by atoms with Gasteiger partial charge in [0.15, 0.2) is 6.61 Å². The Hall–Kier alpha value is -2.54. The normalized spacial score (nSPS) is 14.8. The molecule has 3 rings (SSSR count). The van der Waals surface area contributed by atoms with Gasteiger partial charge in [-0.2, -0.15) is 0 Å². The van der Waals surface area contributed by atoms with E-state index < -0.39 is 0 Å².